The molecule has 0 spiro atoms. The van der Waals surface area contributed by atoms with Gasteiger partial charge in [0.05, 0.1) is 13.0 Å². The van der Waals surface area contributed by atoms with Crippen LogP contribution in [0.25, 0.3) is 0 Å². The zero-order valence-corrected chi connectivity index (χ0v) is 25.5. The summed E-state index contributed by atoms with van der Waals surface area (Å²) in [5.41, 5.74) is 1.97. The van der Waals surface area contributed by atoms with Crippen molar-refractivity contribution in [2.75, 3.05) is 13.7 Å². The molecule has 0 aromatic heterocycles. The molecule has 1 aliphatic carbocycles. The SMILES string of the molecule is COC(=O)[C@@H](CC(C)=O)C1=CC(C)=C(C)C[C@H]1[C@@H](OC(C)=O)[C@@H](OC(C)=O)[C@H](OC(C)=O)[C@@H](COC(C)=O)OC(C)=O. The van der Waals surface area contributed by atoms with Gasteiger partial charge in [-0.1, -0.05) is 17.2 Å². The van der Waals surface area contributed by atoms with Crippen LogP contribution in [0, 0.1) is 11.8 Å². The van der Waals surface area contributed by atoms with Crippen molar-refractivity contribution in [3.05, 3.63) is 22.8 Å². The third-order valence-electron chi connectivity index (χ3n) is 6.48. The van der Waals surface area contributed by atoms with Gasteiger partial charge in [-0.05, 0) is 32.8 Å². The van der Waals surface area contributed by atoms with E-state index < -0.39 is 78.7 Å². The number of esters is 6. The van der Waals surface area contributed by atoms with E-state index in [9.17, 15) is 33.6 Å². The minimum absolute atomic E-state index is 0.174. The Hall–Kier alpha value is -4.03. The minimum atomic E-state index is -1.64. The first-order chi connectivity index (χ1) is 19.5. The van der Waals surface area contributed by atoms with Gasteiger partial charge >= 0.3 is 35.8 Å². The van der Waals surface area contributed by atoms with Gasteiger partial charge in [-0.2, -0.15) is 0 Å². The number of hydrogen-bond donors (Lipinski definition) is 0. The van der Waals surface area contributed by atoms with Gasteiger partial charge in [-0.3, -0.25) is 33.6 Å². The lowest BCUT2D eigenvalue weighted by Crippen LogP contribution is -2.55. The number of carbonyl (C=O) groups excluding carboxylic acids is 7. The highest BCUT2D eigenvalue weighted by molar-refractivity contribution is 5.85. The molecule has 13 heteroatoms. The summed E-state index contributed by atoms with van der Waals surface area (Å²) in [7, 11) is 1.17. The summed E-state index contributed by atoms with van der Waals surface area (Å²) < 4.78 is 32.2. The highest BCUT2D eigenvalue weighted by Crippen LogP contribution is 2.41. The average molecular weight is 597 g/mol. The lowest BCUT2D eigenvalue weighted by Gasteiger charge is -2.41. The van der Waals surface area contributed by atoms with E-state index in [1.54, 1.807) is 13.0 Å². The average Bonchev–Trinajstić information content (AvgIpc) is 2.86. The van der Waals surface area contributed by atoms with Crippen LogP contribution in [0.3, 0.4) is 0 Å². The lowest BCUT2D eigenvalue weighted by atomic mass is 9.72. The van der Waals surface area contributed by atoms with Crippen LogP contribution in [0.4, 0.5) is 0 Å². The summed E-state index contributed by atoms with van der Waals surface area (Å²) in [5, 5.41) is 0. The third-order valence-corrected chi connectivity index (χ3v) is 6.48. The summed E-state index contributed by atoms with van der Waals surface area (Å²) >= 11 is 0. The smallest absolute Gasteiger partial charge is 0.313 e. The van der Waals surface area contributed by atoms with Crippen molar-refractivity contribution in [1.82, 2.24) is 0 Å². The molecule has 0 heterocycles. The second-order valence-corrected chi connectivity index (χ2v) is 10.1. The van der Waals surface area contributed by atoms with E-state index in [4.69, 9.17) is 28.4 Å². The van der Waals surface area contributed by atoms with Crippen molar-refractivity contribution in [1.29, 1.82) is 0 Å². The Kier molecular flexibility index (Phi) is 14.1. The normalized spacial score (nSPS) is 18.2. The molecule has 0 saturated carbocycles. The van der Waals surface area contributed by atoms with Crippen LogP contribution in [-0.4, -0.2) is 79.7 Å². The molecule has 0 unspecified atom stereocenters. The molecule has 0 aliphatic heterocycles. The molecular formula is C29H40O13. The molecule has 0 N–H and O–H groups in total. The Morgan fingerprint density at radius 2 is 1.29 bits per heavy atom. The van der Waals surface area contributed by atoms with E-state index in [-0.39, 0.29) is 18.6 Å². The van der Waals surface area contributed by atoms with E-state index in [1.807, 2.05) is 6.92 Å². The van der Waals surface area contributed by atoms with Crippen LogP contribution in [0.2, 0.25) is 0 Å². The molecule has 13 nitrogen and oxygen atoms in total. The number of methoxy groups -OCH3 is 1. The van der Waals surface area contributed by atoms with E-state index in [1.165, 1.54) is 14.0 Å². The molecule has 0 amide bonds. The fraction of sp³-hybridized carbons (Fsp3) is 0.621. The second kappa shape index (κ2) is 16.4. The van der Waals surface area contributed by atoms with Crippen LogP contribution in [0.15, 0.2) is 22.8 Å². The molecule has 0 bridgehead atoms. The maximum absolute atomic E-state index is 12.9. The van der Waals surface area contributed by atoms with E-state index in [0.29, 0.717) is 5.57 Å². The molecule has 0 aromatic carbocycles. The van der Waals surface area contributed by atoms with Crippen molar-refractivity contribution >= 4 is 41.6 Å². The summed E-state index contributed by atoms with van der Waals surface area (Å²) in [5.74, 6) is -7.18. The van der Waals surface area contributed by atoms with E-state index >= 15 is 0 Å². The van der Waals surface area contributed by atoms with Crippen LogP contribution in [0.5, 0.6) is 0 Å². The maximum atomic E-state index is 12.9. The molecule has 1 aliphatic rings. The fourth-order valence-electron chi connectivity index (χ4n) is 4.76. The second-order valence-electron chi connectivity index (χ2n) is 10.1. The zero-order chi connectivity index (χ0) is 32.3. The van der Waals surface area contributed by atoms with Gasteiger partial charge in [0.15, 0.2) is 18.3 Å². The van der Waals surface area contributed by atoms with Gasteiger partial charge in [-0.25, -0.2) is 0 Å². The first-order valence-corrected chi connectivity index (χ1v) is 13.3. The Balaban J connectivity index is 3.97. The number of hydrogen-bond acceptors (Lipinski definition) is 13. The predicted octanol–water partition coefficient (Wildman–Crippen LogP) is 2.33. The van der Waals surface area contributed by atoms with Crippen LogP contribution >= 0.6 is 0 Å². The standard InChI is InChI=1S/C29H40O13/c1-14-10-22(24(12-16(3)30)29(36)37-9)23(11-15(14)2)26(40-19(6)33)28(42-21(8)35)27(41-20(7)34)25(39-18(5)32)13-38-17(4)31/h10,23-28H,11-13H2,1-9H3/t23-,24+,25-,26-,27-,28-/m1/s1. The number of ether oxygens (including phenoxy) is 6. The van der Waals surface area contributed by atoms with Gasteiger partial charge in [0.1, 0.15) is 18.5 Å². The Morgan fingerprint density at radius 3 is 1.74 bits per heavy atom. The largest absolute Gasteiger partial charge is 0.469 e. The van der Waals surface area contributed by atoms with Gasteiger partial charge in [0.25, 0.3) is 0 Å². The topological polar surface area (TPSA) is 175 Å². The summed E-state index contributed by atoms with van der Waals surface area (Å²) in [6.45, 7) is 9.72. The molecule has 0 fully saturated rings. The molecular weight excluding hydrogens is 556 g/mol. The number of ketones is 1. The minimum Gasteiger partial charge on any atom is -0.469 e. The van der Waals surface area contributed by atoms with Crippen molar-refractivity contribution in [2.45, 2.75) is 92.6 Å². The first-order valence-electron chi connectivity index (χ1n) is 13.3. The van der Waals surface area contributed by atoms with Crippen molar-refractivity contribution < 1.29 is 62.0 Å². The zero-order valence-electron chi connectivity index (χ0n) is 25.5. The van der Waals surface area contributed by atoms with Crippen molar-refractivity contribution in [3.63, 3.8) is 0 Å². The maximum Gasteiger partial charge on any atom is 0.313 e. The van der Waals surface area contributed by atoms with Crippen molar-refractivity contribution in [3.8, 4) is 0 Å². The molecule has 234 valence electrons. The first kappa shape index (κ1) is 36.0. The number of Topliss-reactive ketones (excluding diaryl/α,β-unsaturated/α-hetero) is 1. The van der Waals surface area contributed by atoms with Gasteiger partial charge < -0.3 is 28.4 Å². The predicted molar refractivity (Wildman–Crippen MR) is 144 cm³/mol. The monoisotopic (exact) mass is 596 g/mol. The molecule has 0 radical (unpaired) electrons. The fourth-order valence-corrected chi connectivity index (χ4v) is 4.76. The number of carbonyl (C=O) groups is 7. The lowest BCUT2D eigenvalue weighted by molar-refractivity contribution is -0.206. The molecule has 0 saturated heterocycles. The number of rotatable bonds is 14. The Labute approximate surface area is 244 Å². The quantitative estimate of drug-likeness (QED) is 0.211. The third kappa shape index (κ3) is 11.1. The van der Waals surface area contributed by atoms with E-state index in [2.05, 4.69) is 0 Å². The Morgan fingerprint density at radius 1 is 0.762 bits per heavy atom. The van der Waals surface area contributed by atoms with E-state index in [0.717, 1.165) is 45.8 Å². The highest BCUT2D eigenvalue weighted by Gasteiger charge is 2.49. The number of allylic oxidation sites excluding steroid dienone is 3. The van der Waals surface area contributed by atoms with Gasteiger partial charge in [0.2, 0.25) is 0 Å². The Bertz CT molecular complexity index is 1130. The molecule has 42 heavy (non-hydrogen) atoms. The summed E-state index contributed by atoms with van der Waals surface area (Å²) in [4.78, 5) is 85.9. The van der Waals surface area contributed by atoms with Gasteiger partial charge in [0, 0.05) is 47.0 Å². The molecule has 6 atom stereocenters. The van der Waals surface area contributed by atoms with Crippen LogP contribution in [-0.2, 0) is 62.0 Å². The van der Waals surface area contributed by atoms with Gasteiger partial charge in [-0.15, -0.1) is 0 Å². The highest BCUT2D eigenvalue weighted by atomic mass is 16.6. The molecule has 1 rings (SSSR count). The van der Waals surface area contributed by atoms with Crippen molar-refractivity contribution in [2.24, 2.45) is 11.8 Å². The molecule has 0 aromatic rings. The summed E-state index contributed by atoms with van der Waals surface area (Å²) in [6, 6.07) is 0. The van der Waals surface area contributed by atoms with Crippen LogP contribution < -0.4 is 0 Å². The van der Waals surface area contributed by atoms with Crippen LogP contribution in [0.1, 0.15) is 68.2 Å². The summed E-state index contributed by atoms with van der Waals surface area (Å²) in [6.07, 6.45) is -4.60.